The first kappa shape index (κ1) is 22.6. The van der Waals surface area contributed by atoms with Crippen LogP contribution in [0.1, 0.15) is 96.5 Å². The number of H-pyrrole nitrogens is 1. The van der Waals surface area contributed by atoms with E-state index in [1.165, 1.54) is 6.42 Å². The summed E-state index contributed by atoms with van der Waals surface area (Å²) in [5.41, 5.74) is 2.82. The number of fused-ring (bicyclic) bond motifs is 1. The molecule has 1 aliphatic heterocycles. The summed E-state index contributed by atoms with van der Waals surface area (Å²) in [5.74, 6) is -0.232. The van der Waals surface area contributed by atoms with Crippen molar-refractivity contribution in [1.29, 1.82) is 0 Å². The number of ether oxygens (including phenoxy) is 1. The molecule has 6 heteroatoms. The van der Waals surface area contributed by atoms with E-state index in [1.54, 1.807) is 11.1 Å². The van der Waals surface area contributed by atoms with Crippen molar-refractivity contribution in [3.63, 3.8) is 0 Å². The van der Waals surface area contributed by atoms with Gasteiger partial charge in [0, 0.05) is 29.6 Å². The standard InChI is InChI=1S/C24H37N3O3/c1-6-7-13-19-20-21(26-25-19)18(23(29)30-16(2)3)14-27(15-24(20,4)5)22(28)17-11-9-8-10-12-17/h14,16-17H,6-13,15H2,1-5H3,(H,25,26). The quantitative estimate of drug-likeness (QED) is 0.681. The molecule has 1 amide bonds. The summed E-state index contributed by atoms with van der Waals surface area (Å²) in [7, 11) is 0. The molecule has 0 spiro atoms. The van der Waals surface area contributed by atoms with Crippen LogP contribution >= 0.6 is 0 Å². The van der Waals surface area contributed by atoms with Gasteiger partial charge in [-0.15, -0.1) is 0 Å². The van der Waals surface area contributed by atoms with Crippen LogP contribution in [-0.2, 0) is 26.2 Å². The highest BCUT2D eigenvalue weighted by Gasteiger charge is 2.39. The Bertz CT molecular complexity index is 801. The number of unbranched alkanes of at least 4 members (excludes halogenated alkanes) is 1. The fourth-order valence-electron chi connectivity index (χ4n) is 4.76. The number of amides is 1. The van der Waals surface area contributed by atoms with Crippen LogP contribution in [0.2, 0.25) is 0 Å². The Morgan fingerprint density at radius 2 is 1.97 bits per heavy atom. The first-order valence-corrected chi connectivity index (χ1v) is 11.6. The van der Waals surface area contributed by atoms with Crippen molar-refractivity contribution in [2.75, 3.05) is 6.54 Å². The van der Waals surface area contributed by atoms with Gasteiger partial charge in [0.2, 0.25) is 5.91 Å². The van der Waals surface area contributed by atoms with E-state index in [2.05, 4.69) is 31.0 Å². The molecule has 0 atom stereocenters. The number of carbonyl (C=O) groups is 2. The zero-order valence-corrected chi connectivity index (χ0v) is 19.2. The van der Waals surface area contributed by atoms with Crippen molar-refractivity contribution < 1.29 is 14.3 Å². The van der Waals surface area contributed by atoms with Crippen LogP contribution in [-0.4, -0.2) is 39.6 Å². The van der Waals surface area contributed by atoms with Crippen molar-refractivity contribution in [1.82, 2.24) is 15.1 Å². The van der Waals surface area contributed by atoms with Gasteiger partial charge in [0.25, 0.3) is 0 Å². The van der Waals surface area contributed by atoms with Crippen molar-refractivity contribution in [2.45, 2.75) is 97.5 Å². The molecule has 1 aliphatic carbocycles. The summed E-state index contributed by atoms with van der Waals surface area (Å²) in [6, 6.07) is 0. The molecule has 1 N–H and O–H groups in total. The second-order valence-corrected chi connectivity index (χ2v) is 9.71. The third-order valence-corrected chi connectivity index (χ3v) is 6.21. The number of nitrogens with one attached hydrogen (secondary N) is 1. The molecule has 0 saturated heterocycles. The normalized spacial score (nSPS) is 19.3. The highest BCUT2D eigenvalue weighted by atomic mass is 16.5. The van der Waals surface area contributed by atoms with E-state index >= 15 is 0 Å². The average molecular weight is 416 g/mol. The zero-order valence-electron chi connectivity index (χ0n) is 19.2. The van der Waals surface area contributed by atoms with E-state index in [0.717, 1.165) is 56.2 Å². The van der Waals surface area contributed by atoms with Crippen LogP contribution in [0.15, 0.2) is 6.20 Å². The van der Waals surface area contributed by atoms with Crippen LogP contribution < -0.4 is 0 Å². The molecule has 166 valence electrons. The summed E-state index contributed by atoms with van der Waals surface area (Å²) in [5, 5.41) is 7.68. The van der Waals surface area contributed by atoms with E-state index in [0.29, 0.717) is 17.8 Å². The van der Waals surface area contributed by atoms with Crippen molar-refractivity contribution in [3.05, 3.63) is 23.2 Å². The number of nitrogens with zero attached hydrogens (tertiary/aromatic N) is 2. The van der Waals surface area contributed by atoms with Crippen LogP contribution in [0.5, 0.6) is 0 Å². The van der Waals surface area contributed by atoms with E-state index in [9.17, 15) is 9.59 Å². The van der Waals surface area contributed by atoms with Gasteiger partial charge in [-0.05, 0) is 39.5 Å². The molecule has 1 fully saturated rings. The highest BCUT2D eigenvalue weighted by molar-refractivity contribution is 6.17. The molecule has 1 aromatic rings. The van der Waals surface area contributed by atoms with Gasteiger partial charge in [0.05, 0.1) is 17.5 Å². The SMILES string of the molecule is CCCCc1n[nH]c2c1C(C)(C)CN(C(=O)C1CCCCC1)C=C2C(=O)OC(C)C. The minimum atomic E-state index is -0.406. The number of aromatic nitrogens is 2. The number of carbonyl (C=O) groups excluding carboxylic acids is 2. The number of aromatic amines is 1. The Morgan fingerprint density at radius 3 is 2.60 bits per heavy atom. The first-order valence-electron chi connectivity index (χ1n) is 11.6. The lowest BCUT2D eigenvalue weighted by Gasteiger charge is -2.32. The summed E-state index contributed by atoms with van der Waals surface area (Å²) in [6.45, 7) is 10.7. The van der Waals surface area contributed by atoms with Crippen molar-refractivity contribution in [2.24, 2.45) is 5.92 Å². The molecule has 2 aliphatic rings. The highest BCUT2D eigenvalue weighted by Crippen LogP contribution is 2.38. The van der Waals surface area contributed by atoms with Crippen molar-refractivity contribution in [3.8, 4) is 0 Å². The molecule has 30 heavy (non-hydrogen) atoms. The Labute approximate surface area is 180 Å². The van der Waals surface area contributed by atoms with Gasteiger partial charge in [0.15, 0.2) is 0 Å². The molecule has 0 aromatic carbocycles. The monoisotopic (exact) mass is 415 g/mol. The van der Waals surface area contributed by atoms with E-state index in [1.807, 2.05) is 13.8 Å². The number of hydrogen-bond donors (Lipinski definition) is 1. The maximum Gasteiger partial charge on any atom is 0.342 e. The summed E-state index contributed by atoms with van der Waals surface area (Å²) >= 11 is 0. The van der Waals surface area contributed by atoms with Crippen LogP contribution in [0, 0.1) is 5.92 Å². The number of hydrogen-bond acceptors (Lipinski definition) is 4. The lowest BCUT2D eigenvalue weighted by atomic mass is 9.81. The van der Waals surface area contributed by atoms with Crippen molar-refractivity contribution >= 4 is 17.4 Å². The van der Waals surface area contributed by atoms with Crippen LogP contribution in [0.4, 0.5) is 0 Å². The molecule has 1 aromatic heterocycles. The molecule has 6 nitrogen and oxygen atoms in total. The minimum Gasteiger partial charge on any atom is -0.459 e. The van der Waals surface area contributed by atoms with E-state index in [4.69, 9.17) is 4.74 Å². The minimum absolute atomic E-state index is 0.0438. The third-order valence-electron chi connectivity index (χ3n) is 6.21. The first-order chi connectivity index (χ1) is 14.2. The van der Waals surface area contributed by atoms with Crippen LogP contribution in [0.25, 0.3) is 5.57 Å². The second-order valence-electron chi connectivity index (χ2n) is 9.71. The lowest BCUT2D eigenvalue weighted by molar-refractivity contribution is -0.140. The van der Waals surface area contributed by atoms with E-state index < -0.39 is 5.97 Å². The maximum atomic E-state index is 13.4. The van der Waals surface area contributed by atoms with Gasteiger partial charge in [-0.2, -0.15) is 5.10 Å². The second kappa shape index (κ2) is 9.36. The molecule has 2 heterocycles. The smallest absolute Gasteiger partial charge is 0.342 e. The molecule has 1 saturated carbocycles. The fraction of sp³-hybridized carbons (Fsp3) is 0.708. The molecule has 0 unspecified atom stereocenters. The average Bonchev–Trinajstić information content (AvgIpc) is 3.08. The molecule has 0 radical (unpaired) electrons. The summed E-state index contributed by atoms with van der Waals surface area (Å²) in [4.78, 5) is 28.2. The summed E-state index contributed by atoms with van der Waals surface area (Å²) < 4.78 is 5.54. The van der Waals surface area contributed by atoms with E-state index in [-0.39, 0.29) is 23.3 Å². The van der Waals surface area contributed by atoms with Gasteiger partial charge >= 0.3 is 5.97 Å². The predicted octanol–water partition coefficient (Wildman–Crippen LogP) is 4.74. The lowest BCUT2D eigenvalue weighted by Crippen LogP contribution is -2.40. The van der Waals surface area contributed by atoms with Gasteiger partial charge in [-0.25, -0.2) is 4.79 Å². The fourth-order valence-corrected chi connectivity index (χ4v) is 4.76. The Kier molecular flexibility index (Phi) is 7.04. The van der Waals surface area contributed by atoms with Gasteiger partial charge in [-0.3, -0.25) is 9.89 Å². The topological polar surface area (TPSA) is 75.3 Å². The number of esters is 1. The van der Waals surface area contributed by atoms with Gasteiger partial charge in [-0.1, -0.05) is 46.5 Å². The molecule has 3 rings (SSSR count). The number of rotatable bonds is 6. The Hall–Kier alpha value is -2.11. The predicted molar refractivity (Wildman–Crippen MR) is 118 cm³/mol. The van der Waals surface area contributed by atoms with Gasteiger partial charge in [0.1, 0.15) is 5.57 Å². The zero-order chi connectivity index (χ0) is 21.9. The Morgan fingerprint density at radius 1 is 1.27 bits per heavy atom. The third kappa shape index (κ3) is 4.79. The molecule has 0 bridgehead atoms. The number of aryl methyl sites for hydroxylation is 1. The summed E-state index contributed by atoms with van der Waals surface area (Å²) in [6.07, 6.45) is 9.73. The molecular formula is C24H37N3O3. The van der Waals surface area contributed by atoms with Crippen LogP contribution in [0.3, 0.4) is 0 Å². The maximum absolute atomic E-state index is 13.4. The Balaban J connectivity index is 2.03. The molecular weight excluding hydrogens is 378 g/mol. The van der Waals surface area contributed by atoms with Gasteiger partial charge < -0.3 is 9.64 Å². The largest absolute Gasteiger partial charge is 0.459 e.